The molecule has 1 fully saturated rings. The molecule has 7 heteroatoms. The van der Waals surface area contributed by atoms with Crippen LogP contribution in [0.5, 0.6) is 0 Å². The zero-order chi connectivity index (χ0) is 13.2. The van der Waals surface area contributed by atoms with Crippen molar-refractivity contribution in [1.82, 2.24) is 5.32 Å². The number of rotatable bonds is 5. The lowest BCUT2D eigenvalue weighted by molar-refractivity contribution is -0.120. The molecule has 1 aromatic rings. The van der Waals surface area contributed by atoms with E-state index in [2.05, 4.69) is 5.32 Å². The molecule has 4 nitrogen and oxygen atoms in total. The van der Waals surface area contributed by atoms with E-state index in [0.29, 0.717) is 10.8 Å². The molecule has 0 saturated heterocycles. The average molecular weight is 308 g/mol. The molecule has 0 bridgehead atoms. The second kappa shape index (κ2) is 5.59. The van der Waals surface area contributed by atoms with E-state index in [1.807, 2.05) is 0 Å². The number of nitrogens with one attached hydrogen (secondary N) is 1. The quantitative estimate of drug-likeness (QED) is 0.848. The Bertz CT molecular complexity index is 534. The van der Waals surface area contributed by atoms with Crippen LogP contribution in [0, 0.1) is 5.92 Å². The Balaban J connectivity index is 1.84. The summed E-state index contributed by atoms with van der Waals surface area (Å²) in [5.41, 5.74) is 0. The van der Waals surface area contributed by atoms with E-state index < -0.39 is 9.05 Å². The van der Waals surface area contributed by atoms with Gasteiger partial charge in [-0.25, -0.2) is 8.42 Å². The van der Waals surface area contributed by atoms with E-state index in [1.54, 1.807) is 6.07 Å². The van der Waals surface area contributed by atoms with Gasteiger partial charge in [-0.05, 0) is 30.9 Å². The van der Waals surface area contributed by atoms with Crippen molar-refractivity contribution in [1.29, 1.82) is 0 Å². The highest BCUT2D eigenvalue weighted by Gasteiger charge is 2.18. The first-order valence-electron chi connectivity index (χ1n) is 5.75. The summed E-state index contributed by atoms with van der Waals surface area (Å²) in [6.45, 7) is 0.727. The van der Waals surface area contributed by atoms with E-state index in [0.717, 1.165) is 17.9 Å². The van der Waals surface area contributed by atoms with Gasteiger partial charge >= 0.3 is 0 Å². The predicted octanol–water partition coefficient (Wildman–Crippen LogP) is 2.13. The van der Waals surface area contributed by atoms with Crippen molar-refractivity contribution in [3.8, 4) is 0 Å². The lowest BCUT2D eigenvalue weighted by Crippen LogP contribution is -2.32. The van der Waals surface area contributed by atoms with Gasteiger partial charge < -0.3 is 5.32 Å². The normalized spacial score (nSPS) is 16.3. The molecule has 1 N–H and O–H groups in total. The van der Waals surface area contributed by atoms with Crippen LogP contribution in [-0.2, 0) is 20.3 Å². The Kier molecular flexibility index (Phi) is 4.29. The maximum Gasteiger partial charge on any atom is 0.270 e. The summed E-state index contributed by atoms with van der Waals surface area (Å²) in [7, 11) is 1.54. The summed E-state index contributed by atoms with van der Waals surface area (Å²) >= 11 is 1.04. The lowest BCUT2D eigenvalue weighted by atomic mass is 9.85. The van der Waals surface area contributed by atoms with Gasteiger partial charge in [-0.2, -0.15) is 0 Å². The topological polar surface area (TPSA) is 63.2 Å². The van der Waals surface area contributed by atoms with Gasteiger partial charge in [0.2, 0.25) is 5.91 Å². The molecule has 18 heavy (non-hydrogen) atoms. The third-order valence-electron chi connectivity index (χ3n) is 3.02. The maximum absolute atomic E-state index is 11.6. The zero-order valence-electron chi connectivity index (χ0n) is 9.69. The minimum absolute atomic E-state index is 0.0673. The summed E-state index contributed by atoms with van der Waals surface area (Å²) in [6, 6.07) is 3.06. The van der Waals surface area contributed by atoms with Crippen LogP contribution in [0.3, 0.4) is 0 Å². The molecule has 1 aliphatic rings. The van der Waals surface area contributed by atoms with Gasteiger partial charge in [0, 0.05) is 22.1 Å². The van der Waals surface area contributed by atoms with Crippen LogP contribution in [0.4, 0.5) is 0 Å². The Morgan fingerprint density at radius 3 is 2.67 bits per heavy atom. The highest BCUT2D eigenvalue weighted by Crippen LogP contribution is 2.26. The number of carbonyl (C=O) groups excluding carboxylic acids is 1. The Morgan fingerprint density at radius 2 is 2.17 bits per heavy atom. The van der Waals surface area contributed by atoms with E-state index in [1.165, 1.54) is 25.3 Å². The zero-order valence-corrected chi connectivity index (χ0v) is 12.1. The summed E-state index contributed by atoms with van der Waals surface area (Å²) in [5, 5.41) is 2.87. The van der Waals surface area contributed by atoms with Gasteiger partial charge in [-0.1, -0.05) is 6.42 Å². The van der Waals surface area contributed by atoms with Gasteiger partial charge in [-0.3, -0.25) is 4.79 Å². The number of hydrogen-bond acceptors (Lipinski definition) is 4. The molecular weight excluding hydrogens is 294 g/mol. The third kappa shape index (κ3) is 3.70. The van der Waals surface area contributed by atoms with Crippen molar-refractivity contribution in [3.63, 3.8) is 0 Å². The lowest BCUT2D eigenvalue weighted by Gasteiger charge is -2.25. The van der Waals surface area contributed by atoms with Crippen molar-refractivity contribution >= 4 is 37.0 Å². The Hall–Kier alpha value is -0.590. The SMILES string of the molecule is O=C(Cc1ccc(S(=O)(=O)Cl)s1)NCC1CCC1. The summed E-state index contributed by atoms with van der Waals surface area (Å²) in [6.07, 6.45) is 3.84. The minimum Gasteiger partial charge on any atom is -0.356 e. The fourth-order valence-electron chi connectivity index (χ4n) is 1.76. The molecule has 0 spiro atoms. The highest BCUT2D eigenvalue weighted by atomic mass is 35.7. The van der Waals surface area contributed by atoms with Crippen LogP contribution in [0.1, 0.15) is 24.1 Å². The predicted molar refractivity (Wildman–Crippen MR) is 71.4 cm³/mol. The van der Waals surface area contributed by atoms with Crippen LogP contribution in [0.2, 0.25) is 0 Å². The molecule has 0 aliphatic heterocycles. The molecule has 100 valence electrons. The van der Waals surface area contributed by atoms with Crippen molar-refractivity contribution < 1.29 is 13.2 Å². The molecular formula is C11H14ClNO3S2. The van der Waals surface area contributed by atoms with Crippen molar-refractivity contribution in [3.05, 3.63) is 17.0 Å². The largest absolute Gasteiger partial charge is 0.356 e. The average Bonchev–Trinajstić information content (AvgIpc) is 2.63. The van der Waals surface area contributed by atoms with Gasteiger partial charge in [0.15, 0.2) is 0 Å². The monoisotopic (exact) mass is 307 g/mol. The molecule has 1 heterocycles. The highest BCUT2D eigenvalue weighted by molar-refractivity contribution is 8.15. The van der Waals surface area contributed by atoms with Gasteiger partial charge in [0.1, 0.15) is 4.21 Å². The van der Waals surface area contributed by atoms with Gasteiger partial charge in [0.25, 0.3) is 9.05 Å². The summed E-state index contributed by atoms with van der Waals surface area (Å²) in [5.74, 6) is 0.554. The smallest absolute Gasteiger partial charge is 0.270 e. The first-order chi connectivity index (χ1) is 8.45. The molecule has 0 radical (unpaired) electrons. The molecule has 2 rings (SSSR count). The van der Waals surface area contributed by atoms with Crippen LogP contribution >= 0.6 is 22.0 Å². The second-order valence-electron chi connectivity index (χ2n) is 4.44. The second-order valence-corrected chi connectivity index (χ2v) is 8.40. The standard InChI is InChI=1S/C11H14ClNO3S2/c12-18(15,16)11-5-4-9(17-11)6-10(14)13-7-8-2-1-3-8/h4-5,8H,1-3,6-7H2,(H,13,14). The first kappa shape index (κ1) is 13.8. The van der Waals surface area contributed by atoms with E-state index >= 15 is 0 Å². The summed E-state index contributed by atoms with van der Waals surface area (Å²) in [4.78, 5) is 12.3. The van der Waals surface area contributed by atoms with Crippen molar-refractivity contribution in [2.75, 3.05) is 6.54 Å². The van der Waals surface area contributed by atoms with Gasteiger partial charge in [-0.15, -0.1) is 11.3 Å². The van der Waals surface area contributed by atoms with Crippen LogP contribution in [0.15, 0.2) is 16.3 Å². The van der Waals surface area contributed by atoms with Crippen LogP contribution in [0.25, 0.3) is 0 Å². The van der Waals surface area contributed by atoms with Crippen LogP contribution in [-0.4, -0.2) is 20.9 Å². The Morgan fingerprint density at radius 1 is 1.44 bits per heavy atom. The fourth-order valence-corrected chi connectivity index (χ4v) is 3.88. The molecule has 1 amide bonds. The number of carbonyl (C=O) groups is 1. The van der Waals surface area contributed by atoms with Gasteiger partial charge in [0.05, 0.1) is 6.42 Å². The molecule has 0 unspecified atom stereocenters. The first-order valence-corrected chi connectivity index (χ1v) is 8.88. The van der Waals surface area contributed by atoms with Crippen molar-refractivity contribution in [2.24, 2.45) is 5.92 Å². The third-order valence-corrected chi connectivity index (χ3v) is 6.20. The van der Waals surface area contributed by atoms with E-state index in [9.17, 15) is 13.2 Å². The molecule has 1 saturated carbocycles. The maximum atomic E-state index is 11.6. The summed E-state index contributed by atoms with van der Waals surface area (Å²) < 4.78 is 22.2. The van der Waals surface area contributed by atoms with E-state index in [-0.39, 0.29) is 16.5 Å². The van der Waals surface area contributed by atoms with Crippen LogP contribution < -0.4 is 5.32 Å². The fraction of sp³-hybridized carbons (Fsp3) is 0.545. The number of thiophene rings is 1. The number of halogens is 1. The Labute approximate surface area is 115 Å². The number of hydrogen-bond donors (Lipinski definition) is 1. The number of amides is 1. The molecule has 1 aliphatic carbocycles. The molecule has 0 aromatic carbocycles. The van der Waals surface area contributed by atoms with E-state index in [4.69, 9.17) is 10.7 Å². The molecule has 1 aromatic heterocycles. The molecule has 0 atom stereocenters. The van der Waals surface area contributed by atoms with Crippen molar-refractivity contribution in [2.45, 2.75) is 29.9 Å². The minimum atomic E-state index is -3.68.